The first-order valence-electron chi connectivity index (χ1n) is 6.33. The third-order valence-corrected chi connectivity index (χ3v) is 2.66. The lowest BCUT2D eigenvalue weighted by Gasteiger charge is -2.24. The van der Waals surface area contributed by atoms with E-state index in [9.17, 15) is 9.59 Å². The van der Waals surface area contributed by atoms with Gasteiger partial charge >= 0.3 is 12.1 Å². The van der Waals surface area contributed by atoms with Gasteiger partial charge in [0.2, 0.25) is 0 Å². The highest BCUT2D eigenvalue weighted by Gasteiger charge is 2.28. The second kappa shape index (κ2) is 6.75. The van der Waals surface area contributed by atoms with Crippen molar-refractivity contribution < 1.29 is 19.1 Å². The predicted octanol–water partition coefficient (Wildman–Crippen LogP) is 2.96. The molecule has 1 atom stereocenters. The number of methoxy groups -OCH3 is 1. The van der Waals surface area contributed by atoms with E-state index in [0.717, 1.165) is 0 Å². The van der Waals surface area contributed by atoms with Crippen molar-refractivity contribution in [2.24, 2.45) is 5.41 Å². The Labute approximate surface area is 123 Å². The van der Waals surface area contributed by atoms with Crippen molar-refractivity contribution in [2.45, 2.75) is 26.9 Å². The lowest BCUT2D eigenvalue weighted by atomic mass is 9.90. The van der Waals surface area contributed by atoms with E-state index in [-0.39, 0.29) is 5.56 Å². The number of hydrogen-bond donors (Lipinski definition) is 1. The van der Waals surface area contributed by atoms with Crippen LogP contribution >= 0.6 is 0 Å². The van der Waals surface area contributed by atoms with E-state index in [4.69, 9.17) is 10.00 Å². The van der Waals surface area contributed by atoms with Gasteiger partial charge in [-0.05, 0) is 18.2 Å². The van der Waals surface area contributed by atoms with Gasteiger partial charge in [0.05, 0.1) is 12.7 Å². The topological polar surface area (TPSA) is 88.4 Å². The van der Waals surface area contributed by atoms with Gasteiger partial charge in [0.25, 0.3) is 0 Å². The Morgan fingerprint density at radius 3 is 2.52 bits per heavy atom. The van der Waals surface area contributed by atoms with Gasteiger partial charge in [-0.15, -0.1) is 0 Å². The van der Waals surface area contributed by atoms with Crippen molar-refractivity contribution in [3.05, 3.63) is 29.8 Å². The summed E-state index contributed by atoms with van der Waals surface area (Å²) in [7, 11) is 1.24. The summed E-state index contributed by atoms with van der Waals surface area (Å²) in [5.41, 5.74) is 0.167. The molecule has 1 unspecified atom stereocenters. The van der Waals surface area contributed by atoms with Crippen molar-refractivity contribution in [3.8, 4) is 6.07 Å². The summed E-state index contributed by atoms with van der Waals surface area (Å²) in [5, 5.41) is 11.5. The van der Waals surface area contributed by atoms with Crippen LogP contribution in [0.4, 0.5) is 10.5 Å². The summed E-state index contributed by atoms with van der Waals surface area (Å²) in [5.74, 6) is -0.620. The monoisotopic (exact) mass is 290 g/mol. The van der Waals surface area contributed by atoms with Crippen molar-refractivity contribution in [3.63, 3.8) is 0 Å². The molecule has 0 fully saturated rings. The van der Waals surface area contributed by atoms with Crippen LogP contribution < -0.4 is 5.32 Å². The summed E-state index contributed by atoms with van der Waals surface area (Å²) in [6, 6.07) is 8.17. The number of nitrogens with one attached hydrogen (secondary N) is 1. The second-order valence-electron chi connectivity index (χ2n) is 5.48. The number of carbonyl (C=O) groups is 2. The van der Waals surface area contributed by atoms with Crippen LogP contribution in [0.2, 0.25) is 0 Å². The van der Waals surface area contributed by atoms with E-state index < -0.39 is 23.6 Å². The molecular formula is C15H18N2O4. The Morgan fingerprint density at radius 2 is 2.00 bits per heavy atom. The molecular weight excluding hydrogens is 272 g/mol. The Morgan fingerprint density at radius 1 is 1.33 bits per heavy atom. The van der Waals surface area contributed by atoms with Gasteiger partial charge in [-0.25, -0.2) is 9.59 Å². The fourth-order valence-corrected chi connectivity index (χ4v) is 1.46. The number of ether oxygens (including phenoxy) is 2. The number of hydrogen-bond acceptors (Lipinski definition) is 5. The third-order valence-electron chi connectivity index (χ3n) is 2.66. The molecule has 0 saturated carbocycles. The van der Waals surface area contributed by atoms with Gasteiger partial charge in [0.1, 0.15) is 6.07 Å². The van der Waals surface area contributed by atoms with E-state index >= 15 is 0 Å². The minimum atomic E-state index is -0.859. The van der Waals surface area contributed by atoms with Gasteiger partial charge in [-0.2, -0.15) is 5.26 Å². The SMILES string of the molecule is COC(=O)Nc1cccc(C(=O)OC(C#N)C(C)(C)C)c1. The Bertz CT molecular complexity index is 570. The average Bonchev–Trinajstić information content (AvgIpc) is 2.43. The van der Waals surface area contributed by atoms with Gasteiger partial charge in [0.15, 0.2) is 6.10 Å². The fraction of sp³-hybridized carbons (Fsp3) is 0.400. The van der Waals surface area contributed by atoms with Crippen LogP contribution in [0.5, 0.6) is 0 Å². The van der Waals surface area contributed by atoms with Crippen molar-refractivity contribution in [1.82, 2.24) is 0 Å². The number of benzene rings is 1. The number of esters is 1. The largest absolute Gasteiger partial charge is 0.453 e. The summed E-state index contributed by atoms with van der Waals surface area (Å²) in [6.07, 6.45) is -1.49. The number of anilines is 1. The molecule has 0 aliphatic carbocycles. The molecule has 112 valence electrons. The van der Waals surface area contributed by atoms with Crippen LogP contribution in [0.25, 0.3) is 0 Å². The molecule has 0 aliphatic heterocycles. The maximum atomic E-state index is 12.1. The molecule has 0 heterocycles. The predicted molar refractivity (Wildman–Crippen MR) is 76.7 cm³/mol. The molecule has 0 spiro atoms. The molecule has 1 aromatic rings. The molecule has 0 aromatic heterocycles. The quantitative estimate of drug-likeness (QED) is 0.864. The summed E-state index contributed by atoms with van der Waals surface area (Å²) in [6.45, 7) is 5.43. The molecule has 21 heavy (non-hydrogen) atoms. The Balaban J connectivity index is 2.86. The zero-order valence-electron chi connectivity index (χ0n) is 12.5. The van der Waals surface area contributed by atoms with Crippen molar-refractivity contribution in [2.75, 3.05) is 12.4 Å². The average molecular weight is 290 g/mol. The number of nitrogens with zero attached hydrogens (tertiary/aromatic N) is 1. The van der Waals surface area contributed by atoms with Crippen LogP contribution in [0.15, 0.2) is 24.3 Å². The summed E-state index contributed by atoms with van der Waals surface area (Å²) >= 11 is 0. The van der Waals surface area contributed by atoms with E-state index in [1.165, 1.54) is 13.2 Å². The van der Waals surface area contributed by atoms with Gasteiger partial charge in [-0.1, -0.05) is 26.8 Å². The van der Waals surface area contributed by atoms with Crippen LogP contribution in [-0.4, -0.2) is 25.3 Å². The summed E-state index contributed by atoms with van der Waals surface area (Å²) in [4.78, 5) is 23.2. The molecule has 0 saturated heterocycles. The standard InChI is InChI=1S/C15H18N2O4/c1-15(2,3)12(9-16)21-13(18)10-6-5-7-11(8-10)17-14(19)20-4/h5-8,12H,1-4H3,(H,17,19). The van der Waals surface area contributed by atoms with Crippen LogP contribution in [-0.2, 0) is 9.47 Å². The molecule has 0 bridgehead atoms. The van der Waals surface area contributed by atoms with E-state index in [0.29, 0.717) is 5.69 Å². The number of carbonyl (C=O) groups excluding carboxylic acids is 2. The van der Waals surface area contributed by atoms with Crippen LogP contribution in [0.1, 0.15) is 31.1 Å². The van der Waals surface area contributed by atoms with Gasteiger partial charge in [0, 0.05) is 11.1 Å². The first-order valence-corrected chi connectivity index (χ1v) is 6.33. The van der Waals surface area contributed by atoms with Gasteiger partial charge in [-0.3, -0.25) is 5.32 Å². The molecule has 1 amide bonds. The van der Waals surface area contributed by atoms with E-state index in [2.05, 4.69) is 10.1 Å². The normalized spacial score (nSPS) is 12.0. The van der Waals surface area contributed by atoms with Gasteiger partial charge < -0.3 is 9.47 Å². The molecule has 1 aromatic carbocycles. The number of nitriles is 1. The van der Waals surface area contributed by atoms with Crippen molar-refractivity contribution in [1.29, 1.82) is 5.26 Å². The molecule has 6 nitrogen and oxygen atoms in total. The summed E-state index contributed by atoms with van der Waals surface area (Å²) < 4.78 is 9.66. The molecule has 1 rings (SSSR count). The zero-order chi connectivity index (χ0) is 16.0. The molecule has 0 aliphatic rings. The highest BCUT2D eigenvalue weighted by molar-refractivity contribution is 5.92. The lowest BCUT2D eigenvalue weighted by molar-refractivity contribution is 0.0173. The second-order valence-corrected chi connectivity index (χ2v) is 5.48. The minimum absolute atomic E-state index is 0.244. The first-order chi connectivity index (χ1) is 9.77. The molecule has 1 N–H and O–H groups in total. The maximum absolute atomic E-state index is 12.1. The van der Waals surface area contributed by atoms with E-state index in [1.807, 2.05) is 26.8 Å². The fourth-order valence-electron chi connectivity index (χ4n) is 1.46. The highest BCUT2D eigenvalue weighted by Crippen LogP contribution is 2.23. The number of rotatable bonds is 3. The Hall–Kier alpha value is -2.55. The smallest absolute Gasteiger partial charge is 0.411 e. The Kier molecular flexibility index (Phi) is 5.30. The first kappa shape index (κ1) is 16.5. The molecule has 0 radical (unpaired) electrons. The third kappa shape index (κ3) is 4.80. The number of amides is 1. The zero-order valence-corrected chi connectivity index (χ0v) is 12.5. The van der Waals surface area contributed by atoms with Crippen LogP contribution in [0.3, 0.4) is 0 Å². The highest BCUT2D eigenvalue weighted by atomic mass is 16.5. The molecule has 6 heteroatoms. The lowest BCUT2D eigenvalue weighted by Crippen LogP contribution is -2.30. The van der Waals surface area contributed by atoms with Crippen molar-refractivity contribution >= 4 is 17.7 Å². The van der Waals surface area contributed by atoms with E-state index in [1.54, 1.807) is 18.2 Å². The maximum Gasteiger partial charge on any atom is 0.411 e. The minimum Gasteiger partial charge on any atom is -0.453 e. The van der Waals surface area contributed by atoms with Crippen LogP contribution in [0, 0.1) is 16.7 Å².